The number of hydrogen-bond donors (Lipinski definition) is 0. The summed E-state index contributed by atoms with van der Waals surface area (Å²) in [7, 11) is 1.58. The van der Waals surface area contributed by atoms with Crippen molar-refractivity contribution in [1.82, 2.24) is 4.90 Å². The maximum absolute atomic E-state index is 12.7. The van der Waals surface area contributed by atoms with Gasteiger partial charge in [0.25, 0.3) is 5.91 Å². The molecule has 1 heterocycles. The highest BCUT2D eigenvalue weighted by Crippen LogP contribution is 2.25. The van der Waals surface area contributed by atoms with Crippen LogP contribution in [-0.2, 0) is 4.74 Å². The molecule has 0 aromatic heterocycles. The summed E-state index contributed by atoms with van der Waals surface area (Å²) in [6.45, 7) is 2.98. The lowest BCUT2D eigenvalue weighted by atomic mass is 10.1. The summed E-state index contributed by atoms with van der Waals surface area (Å²) in [6, 6.07) is 5.39. The Morgan fingerprint density at radius 2 is 2.35 bits per heavy atom. The number of rotatable bonds is 3. The van der Waals surface area contributed by atoms with Gasteiger partial charge in [-0.05, 0) is 41.1 Å². The lowest BCUT2D eigenvalue weighted by Gasteiger charge is -2.37. The predicted molar refractivity (Wildman–Crippen MR) is 81.7 cm³/mol. The molecule has 0 radical (unpaired) electrons. The van der Waals surface area contributed by atoms with Crippen LogP contribution in [-0.4, -0.2) is 49.1 Å². The first-order valence-electron chi connectivity index (χ1n) is 6.39. The van der Waals surface area contributed by atoms with Crippen molar-refractivity contribution in [2.75, 3.05) is 26.1 Å². The number of methoxy groups -OCH3 is 1. The van der Waals surface area contributed by atoms with Crippen LogP contribution in [0.15, 0.2) is 22.7 Å². The zero-order valence-corrected chi connectivity index (χ0v) is 13.8. The number of nitrogens with zero attached hydrogens (tertiary/aromatic N) is 1. The fraction of sp³-hybridized carbons (Fsp3) is 0.500. The van der Waals surface area contributed by atoms with E-state index in [9.17, 15) is 4.79 Å². The fourth-order valence-corrected chi connectivity index (χ4v) is 2.75. The number of hydrogen-bond acceptors (Lipinski definition) is 3. The number of amides is 1. The lowest BCUT2D eigenvalue weighted by Crippen LogP contribution is -2.51. The molecule has 1 aromatic rings. The SMILES string of the molecule is COc1ccc(Br)c(C(=O)N2CC(CCl)OCC2C)c1. The lowest BCUT2D eigenvalue weighted by molar-refractivity contribution is -0.0372. The normalized spacial score (nSPS) is 22.7. The average Bonchev–Trinajstić information content (AvgIpc) is 2.47. The molecule has 1 saturated heterocycles. The third kappa shape index (κ3) is 3.27. The average molecular weight is 363 g/mol. The first-order valence-corrected chi connectivity index (χ1v) is 7.71. The Kier molecular flexibility index (Phi) is 5.29. The topological polar surface area (TPSA) is 38.8 Å². The zero-order chi connectivity index (χ0) is 14.7. The van der Waals surface area contributed by atoms with Crippen LogP contribution in [0.3, 0.4) is 0 Å². The summed E-state index contributed by atoms with van der Waals surface area (Å²) in [4.78, 5) is 14.5. The van der Waals surface area contributed by atoms with Crippen LogP contribution in [0, 0.1) is 0 Å². The molecule has 1 fully saturated rings. The first kappa shape index (κ1) is 15.6. The monoisotopic (exact) mass is 361 g/mol. The molecule has 1 aromatic carbocycles. The molecular weight excluding hydrogens is 346 g/mol. The van der Waals surface area contributed by atoms with Gasteiger partial charge in [0.15, 0.2) is 0 Å². The molecule has 1 aliphatic heterocycles. The zero-order valence-electron chi connectivity index (χ0n) is 11.4. The van der Waals surface area contributed by atoms with E-state index in [1.165, 1.54) is 0 Å². The molecule has 0 aliphatic carbocycles. The van der Waals surface area contributed by atoms with E-state index in [1.54, 1.807) is 18.1 Å². The van der Waals surface area contributed by atoms with E-state index in [-0.39, 0.29) is 18.1 Å². The van der Waals surface area contributed by atoms with Crippen molar-refractivity contribution in [2.45, 2.75) is 19.1 Å². The van der Waals surface area contributed by atoms with Crippen LogP contribution in [0.4, 0.5) is 0 Å². The smallest absolute Gasteiger partial charge is 0.255 e. The Morgan fingerprint density at radius 1 is 1.60 bits per heavy atom. The van der Waals surface area contributed by atoms with E-state index in [4.69, 9.17) is 21.1 Å². The Hall–Kier alpha value is -0.780. The number of benzene rings is 1. The molecule has 0 saturated carbocycles. The number of alkyl halides is 1. The number of carbonyl (C=O) groups is 1. The standard InChI is InChI=1S/C14H17BrClNO3/c1-9-8-20-11(6-16)7-17(9)14(18)12-5-10(19-2)3-4-13(12)15/h3-5,9,11H,6-8H2,1-2H3. The van der Waals surface area contributed by atoms with Gasteiger partial charge in [-0.2, -0.15) is 0 Å². The predicted octanol–water partition coefficient (Wildman–Crippen LogP) is 2.93. The van der Waals surface area contributed by atoms with Crippen LogP contribution in [0.1, 0.15) is 17.3 Å². The first-order chi connectivity index (χ1) is 9.56. The Morgan fingerprint density at radius 3 is 3.00 bits per heavy atom. The number of ether oxygens (including phenoxy) is 2. The van der Waals surface area contributed by atoms with Crippen LogP contribution in [0.2, 0.25) is 0 Å². The third-order valence-corrected chi connectivity index (χ3v) is 4.38. The van der Waals surface area contributed by atoms with E-state index in [1.807, 2.05) is 19.1 Å². The molecule has 6 heteroatoms. The molecule has 0 spiro atoms. The van der Waals surface area contributed by atoms with Gasteiger partial charge in [-0.3, -0.25) is 4.79 Å². The minimum absolute atomic E-state index is 0.0278. The van der Waals surface area contributed by atoms with Crippen molar-refractivity contribution in [3.05, 3.63) is 28.2 Å². The molecule has 20 heavy (non-hydrogen) atoms. The van der Waals surface area contributed by atoms with Gasteiger partial charge in [-0.15, -0.1) is 11.6 Å². The summed E-state index contributed by atoms with van der Waals surface area (Å²) in [5.74, 6) is 1.00. The number of morpholine rings is 1. The van der Waals surface area contributed by atoms with Crippen molar-refractivity contribution in [2.24, 2.45) is 0 Å². The van der Waals surface area contributed by atoms with E-state index in [2.05, 4.69) is 15.9 Å². The van der Waals surface area contributed by atoms with Crippen LogP contribution in [0.25, 0.3) is 0 Å². The Balaban J connectivity index is 2.25. The van der Waals surface area contributed by atoms with Gasteiger partial charge in [-0.1, -0.05) is 0 Å². The summed E-state index contributed by atoms with van der Waals surface area (Å²) in [6.07, 6.45) is -0.110. The second-order valence-corrected chi connectivity index (χ2v) is 5.92. The fourth-order valence-electron chi connectivity index (χ4n) is 2.14. The molecular formula is C14H17BrClNO3. The molecule has 1 amide bonds. The highest BCUT2D eigenvalue weighted by molar-refractivity contribution is 9.10. The Bertz CT molecular complexity index is 497. The second kappa shape index (κ2) is 6.78. The van der Waals surface area contributed by atoms with Crippen LogP contribution in [0.5, 0.6) is 5.75 Å². The largest absolute Gasteiger partial charge is 0.497 e. The number of carbonyl (C=O) groups excluding carboxylic acids is 1. The quantitative estimate of drug-likeness (QED) is 0.776. The summed E-state index contributed by atoms with van der Waals surface area (Å²) < 4.78 is 11.5. The van der Waals surface area contributed by atoms with Gasteiger partial charge in [0.05, 0.1) is 37.3 Å². The maximum Gasteiger partial charge on any atom is 0.255 e. The maximum atomic E-state index is 12.7. The summed E-state index contributed by atoms with van der Waals surface area (Å²) in [5.41, 5.74) is 0.589. The number of halogens is 2. The van der Waals surface area contributed by atoms with E-state index >= 15 is 0 Å². The highest BCUT2D eigenvalue weighted by Gasteiger charge is 2.30. The molecule has 0 N–H and O–H groups in total. The minimum atomic E-state index is -0.110. The van der Waals surface area contributed by atoms with Gasteiger partial charge in [0.2, 0.25) is 0 Å². The van der Waals surface area contributed by atoms with E-state index in [0.29, 0.717) is 30.3 Å². The van der Waals surface area contributed by atoms with Crippen molar-refractivity contribution in [1.29, 1.82) is 0 Å². The molecule has 2 unspecified atom stereocenters. The molecule has 1 aliphatic rings. The van der Waals surface area contributed by atoms with Gasteiger partial charge < -0.3 is 14.4 Å². The van der Waals surface area contributed by atoms with Crippen molar-refractivity contribution in [3.8, 4) is 5.75 Å². The van der Waals surface area contributed by atoms with Crippen molar-refractivity contribution in [3.63, 3.8) is 0 Å². The van der Waals surface area contributed by atoms with Gasteiger partial charge in [0.1, 0.15) is 5.75 Å². The van der Waals surface area contributed by atoms with Gasteiger partial charge in [-0.25, -0.2) is 0 Å². The summed E-state index contributed by atoms with van der Waals surface area (Å²) in [5, 5.41) is 0. The van der Waals surface area contributed by atoms with Gasteiger partial charge in [0, 0.05) is 11.0 Å². The second-order valence-electron chi connectivity index (χ2n) is 4.76. The highest BCUT2D eigenvalue weighted by atomic mass is 79.9. The molecule has 4 nitrogen and oxygen atoms in total. The van der Waals surface area contributed by atoms with Crippen molar-refractivity contribution >= 4 is 33.4 Å². The summed E-state index contributed by atoms with van der Waals surface area (Å²) >= 11 is 9.25. The minimum Gasteiger partial charge on any atom is -0.497 e. The molecule has 2 rings (SSSR count). The van der Waals surface area contributed by atoms with Gasteiger partial charge >= 0.3 is 0 Å². The van der Waals surface area contributed by atoms with E-state index < -0.39 is 0 Å². The third-order valence-electron chi connectivity index (χ3n) is 3.34. The van der Waals surface area contributed by atoms with Crippen LogP contribution < -0.4 is 4.74 Å². The Labute approximate surface area is 132 Å². The molecule has 0 bridgehead atoms. The molecule has 110 valence electrons. The van der Waals surface area contributed by atoms with Crippen LogP contribution >= 0.6 is 27.5 Å². The molecule has 2 atom stereocenters. The van der Waals surface area contributed by atoms with Crippen molar-refractivity contribution < 1.29 is 14.3 Å². The van der Waals surface area contributed by atoms with E-state index in [0.717, 1.165) is 4.47 Å².